The van der Waals surface area contributed by atoms with Gasteiger partial charge in [-0.3, -0.25) is 0 Å². The molecule has 0 saturated carbocycles. The van der Waals surface area contributed by atoms with Gasteiger partial charge in [0.15, 0.2) is 0 Å². The Morgan fingerprint density at radius 2 is 2.00 bits per heavy atom. The predicted molar refractivity (Wildman–Crippen MR) is 37.9 cm³/mol. The minimum absolute atomic E-state index is 0.317. The zero-order valence-corrected chi connectivity index (χ0v) is 6.82. The van der Waals surface area contributed by atoms with Crippen LogP contribution in [0.25, 0.3) is 0 Å². The molecule has 0 aromatic heterocycles. The van der Waals surface area contributed by atoms with E-state index in [4.69, 9.17) is 0 Å². The summed E-state index contributed by atoms with van der Waals surface area (Å²) in [5, 5.41) is 9.23. The Labute approximate surface area is 68.1 Å². The molecule has 0 amide bonds. The van der Waals surface area contributed by atoms with E-state index >= 15 is 0 Å². The van der Waals surface area contributed by atoms with Crippen LogP contribution in [0.5, 0.6) is 5.75 Å². The number of hydrogen-bond acceptors (Lipinski definition) is 1. The van der Waals surface area contributed by atoms with Crippen molar-refractivity contribution in [3.8, 4) is 5.75 Å². The predicted octanol–water partition coefficient (Wildman–Crippen LogP) is 1.48. The molecule has 0 bridgehead atoms. The van der Waals surface area contributed by atoms with Crippen molar-refractivity contribution in [2.45, 2.75) is 6.92 Å². The molecule has 0 fully saturated rings. The van der Waals surface area contributed by atoms with E-state index in [1.807, 2.05) is 19.1 Å². The van der Waals surface area contributed by atoms with Crippen molar-refractivity contribution >= 4 is 4.42 Å². The van der Waals surface area contributed by atoms with Crippen molar-refractivity contribution in [3.63, 3.8) is 0 Å². The van der Waals surface area contributed by atoms with Gasteiger partial charge in [-0.1, -0.05) is 0 Å². The number of phenolic OH excluding ortho intramolecular Hbond substituents is 1. The number of aromatic hydroxyl groups is 1. The summed E-state index contributed by atoms with van der Waals surface area (Å²) in [6, 6.07) is 7.22. The fourth-order valence-corrected chi connectivity index (χ4v) is 1.01. The second-order valence-corrected chi connectivity index (χ2v) is 2.94. The van der Waals surface area contributed by atoms with E-state index in [9.17, 15) is 5.11 Å². The topological polar surface area (TPSA) is 20.2 Å². The van der Waals surface area contributed by atoms with Gasteiger partial charge in [-0.2, -0.15) is 0 Å². The zero-order chi connectivity index (χ0) is 7.56. The van der Waals surface area contributed by atoms with E-state index in [1.165, 1.54) is 0 Å². The van der Waals surface area contributed by atoms with Crippen molar-refractivity contribution in [2.24, 2.45) is 0 Å². The molecule has 0 heterocycles. The average Bonchev–Trinajstić information content (AvgIpc) is 1.88. The van der Waals surface area contributed by atoms with Crippen molar-refractivity contribution in [2.75, 3.05) is 0 Å². The molecule has 53 valence electrons. The Hall–Kier alpha value is -0.591. The number of para-hydroxylation sites is 1. The van der Waals surface area contributed by atoms with Gasteiger partial charge >= 0.3 is 67.6 Å². The van der Waals surface area contributed by atoms with Crippen LogP contribution in [-0.2, 0) is 15.6 Å². The molecule has 0 saturated heterocycles. The fourth-order valence-electron chi connectivity index (χ4n) is 0.765. The SMILES string of the molecule is C[C](=[Mn])c1ccccc1O. The van der Waals surface area contributed by atoms with Gasteiger partial charge in [-0.25, -0.2) is 0 Å². The second-order valence-electron chi connectivity index (χ2n) is 2.05. The molecule has 0 spiro atoms. The first-order valence-corrected chi connectivity index (χ1v) is 3.58. The quantitative estimate of drug-likeness (QED) is 0.641. The summed E-state index contributed by atoms with van der Waals surface area (Å²) < 4.78 is 0.950. The number of hydrogen-bond donors (Lipinski definition) is 1. The minimum atomic E-state index is 0.317. The van der Waals surface area contributed by atoms with Crippen LogP contribution in [0.3, 0.4) is 0 Å². The van der Waals surface area contributed by atoms with E-state index in [0.29, 0.717) is 5.75 Å². The van der Waals surface area contributed by atoms with Gasteiger partial charge in [0.25, 0.3) is 0 Å². The Kier molecular flexibility index (Phi) is 2.25. The summed E-state index contributed by atoms with van der Waals surface area (Å²) >= 11 is 3.29. The van der Waals surface area contributed by atoms with Crippen LogP contribution >= 0.6 is 0 Å². The normalized spacial score (nSPS) is 9.30. The van der Waals surface area contributed by atoms with Crippen molar-refractivity contribution < 1.29 is 20.7 Å². The molecule has 1 N–H and O–H groups in total. The molecule has 10 heavy (non-hydrogen) atoms. The molecule has 2 heteroatoms. The Bertz CT molecular complexity index is 255. The first-order chi connectivity index (χ1) is 4.72. The van der Waals surface area contributed by atoms with Crippen LogP contribution < -0.4 is 0 Å². The number of phenols is 1. The molecule has 0 unspecified atom stereocenters. The average molecular weight is 175 g/mol. The third kappa shape index (κ3) is 1.47. The molecule has 0 atom stereocenters. The maximum atomic E-state index is 9.23. The Balaban J connectivity index is 3.15. The molecular weight excluding hydrogens is 167 g/mol. The molecule has 1 rings (SSSR count). The van der Waals surface area contributed by atoms with E-state index in [-0.39, 0.29) is 0 Å². The Morgan fingerprint density at radius 1 is 1.40 bits per heavy atom. The summed E-state index contributed by atoms with van der Waals surface area (Å²) in [7, 11) is 0. The maximum absolute atomic E-state index is 9.23. The molecule has 0 aliphatic carbocycles. The molecule has 0 radical (unpaired) electrons. The second kappa shape index (κ2) is 3.00. The molecule has 0 aliphatic rings. The van der Waals surface area contributed by atoms with Gasteiger partial charge in [-0.05, 0) is 0 Å². The third-order valence-corrected chi connectivity index (χ3v) is 1.59. The van der Waals surface area contributed by atoms with E-state index in [2.05, 4.69) is 15.6 Å². The monoisotopic (exact) mass is 175 g/mol. The molecule has 1 aromatic rings. The van der Waals surface area contributed by atoms with Gasteiger partial charge < -0.3 is 0 Å². The van der Waals surface area contributed by atoms with Gasteiger partial charge in [0.2, 0.25) is 0 Å². The van der Waals surface area contributed by atoms with E-state index in [1.54, 1.807) is 12.1 Å². The van der Waals surface area contributed by atoms with Gasteiger partial charge in [-0.15, -0.1) is 0 Å². The van der Waals surface area contributed by atoms with Crippen LogP contribution in [0.4, 0.5) is 0 Å². The van der Waals surface area contributed by atoms with Crippen LogP contribution in [0.2, 0.25) is 0 Å². The van der Waals surface area contributed by atoms with Gasteiger partial charge in [0, 0.05) is 0 Å². The third-order valence-electron chi connectivity index (χ3n) is 1.28. The molecule has 0 aliphatic heterocycles. The first-order valence-electron chi connectivity index (χ1n) is 2.99. The summed E-state index contributed by atoms with van der Waals surface area (Å²) in [4.78, 5) is 0. The van der Waals surface area contributed by atoms with Crippen LogP contribution in [-0.4, -0.2) is 9.52 Å². The summed E-state index contributed by atoms with van der Waals surface area (Å²) in [6.45, 7) is 1.90. The van der Waals surface area contributed by atoms with Gasteiger partial charge in [0.05, 0.1) is 0 Å². The molecular formula is C8H8MnO. The van der Waals surface area contributed by atoms with E-state index in [0.717, 1.165) is 9.98 Å². The Morgan fingerprint density at radius 3 is 2.40 bits per heavy atom. The van der Waals surface area contributed by atoms with Crippen molar-refractivity contribution in [1.82, 2.24) is 0 Å². The van der Waals surface area contributed by atoms with Crippen molar-refractivity contribution in [3.05, 3.63) is 29.8 Å². The van der Waals surface area contributed by atoms with Gasteiger partial charge in [0.1, 0.15) is 0 Å². The number of rotatable bonds is 1. The first kappa shape index (κ1) is 7.52. The summed E-state index contributed by atoms with van der Waals surface area (Å²) in [6.07, 6.45) is 0. The molecule has 1 nitrogen and oxygen atoms in total. The van der Waals surface area contributed by atoms with Crippen LogP contribution in [0.15, 0.2) is 24.3 Å². The summed E-state index contributed by atoms with van der Waals surface area (Å²) in [5.74, 6) is 0.317. The van der Waals surface area contributed by atoms with Crippen LogP contribution in [0, 0.1) is 0 Å². The molecule has 1 aromatic carbocycles. The standard InChI is InChI=1S/C8H8O.Mn/c1-2-7-5-3-4-6-8(7)9;/h3-6,9H,1H3;. The van der Waals surface area contributed by atoms with Crippen molar-refractivity contribution in [1.29, 1.82) is 0 Å². The zero-order valence-electron chi connectivity index (χ0n) is 5.63. The summed E-state index contributed by atoms with van der Waals surface area (Å²) in [5.41, 5.74) is 0.850. The number of benzene rings is 1. The van der Waals surface area contributed by atoms with Crippen LogP contribution in [0.1, 0.15) is 12.5 Å². The fraction of sp³-hybridized carbons (Fsp3) is 0.125. The van der Waals surface area contributed by atoms with E-state index < -0.39 is 0 Å².